The average molecular weight is 343 g/mol. The molecule has 4 N–H and O–H groups in total. The second-order valence-electron chi connectivity index (χ2n) is 6.27. The van der Waals surface area contributed by atoms with Crippen LogP contribution in [-0.2, 0) is 4.79 Å². The van der Waals surface area contributed by atoms with Crippen molar-refractivity contribution in [3.05, 3.63) is 35.6 Å². The van der Waals surface area contributed by atoms with Crippen LogP contribution in [0.15, 0.2) is 24.3 Å². The topological polar surface area (TPSA) is 65.2 Å². The van der Waals surface area contributed by atoms with Crippen LogP contribution >= 0.6 is 12.4 Å². The predicted octanol–water partition coefficient (Wildman–Crippen LogP) is 1.27. The molecular weight excluding hydrogens is 319 g/mol. The Balaban J connectivity index is 0.00000192. The normalized spacial score (nSPS) is 30.5. The molecular formula is C16H24ClFN4O. The van der Waals surface area contributed by atoms with Crippen molar-refractivity contribution in [2.24, 2.45) is 5.92 Å². The first-order valence-electron chi connectivity index (χ1n) is 7.91. The number of hydrazine groups is 1. The van der Waals surface area contributed by atoms with E-state index < -0.39 is 0 Å². The van der Waals surface area contributed by atoms with Gasteiger partial charge in [0.15, 0.2) is 0 Å². The van der Waals surface area contributed by atoms with Gasteiger partial charge in [-0.3, -0.25) is 4.79 Å². The molecule has 2 saturated heterocycles. The van der Waals surface area contributed by atoms with Crippen LogP contribution in [0.5, 0.6) is 0 Å². The molecule has 1 amide bonds. The zero-order valence-electron chi connectivity index (χ0n) is 13.1. The lowest BCUT2D eigenvalue weighted by atomic mass is 9.94. The summed E-state index contributed by atoms with van der Waals surface area (Å²) in [5, 5.41) is 6.48. The molecule has 1 aromatic rings. The summed E-state index contributed by atoms with van der Waals surface area (Å²) in [5.41, 5.74) is 7.16. The summed E-state index contributed by atoms with van der Waals surface area (Å²) in [5.74, 6) is 0.236. The van der Waals surface area contributed by atoms with Gasteiger partial charge in [0.1, 0.15) is 11.9 Å². The molecule has 5 nitrogen and oxygen atoms in total. The van der Waals surface area contributed by atoms with Crippen LogP contribution in [0.3, 0.4) is 0 Å². The number of amides is 1. The molecule has 0 saturated carbocycles. The molecule has 23 heavy (non-hydrogen) atoms. The van der Waals surface area contributed by atoms with Gasteiger partial charge in [-0.05, 0) is 49.5 Å². The summed E-state index contributed by atoms with van der Waals surface area (Å²) >= 11 is 0. The third-order valence-corrected chi connectivity index (χ3v) is 4.61. The van der Waals surface area contributed by atoms with E-state index in [1.807, 2.05) is 0 Å². The molecule has 0 bridgehead atoms. The maximum absolute atomic E-state index is 13.0. The van der Waals surface area contributed by atoms with Crippen molar-refractivity contribution in [2.45, 2.75) is 37.9 Å². The summed E-state index contributed by atoms with van der Waals surface area (Å²) in [6.07, 6.45) is 1.63. The Labute approximate surface area is 142 Å². The van der Waals surface area contributed by atoms with Gasteiger partial charge in [-0.1, -0.05) is 19.1 Å². The van der Waals surface area contributed by atoms with E-state index in [2.05, 4.69) is 28.4 Å². The van der Waals surface area contributed by atoms with Crippen LogP contribution in [0.2, 0.25) is 0 Å². The Morgan fingerprint density at radius 1 is 1.26 bits per heavy atom. The fraction of sp³-hybridized carbons (Fsp3) is 0.562. The molecule has 2 fully saturated rings. The molecule has 7 heteroatoms. The number of halogens is 2. The minimum atomic E-state index is -0.253. The molecule has 0 spiro atoms. The fourth-order valence-electron chi connectivity index (χ4n) is 3.15. The van der Waals surface area contributed by atoms with Crippen molar-refractivity contribution in [3.63, 3.8) is 0 Å². The van der Waals surface area contributed by atoms with Crippen LogP contribution in [0.1, 0.15) is 31.4 Å². The standard InChI is InChI=1S/C16H23FN4O.ClH/c1-10-9-18-7-6-13(10)19-16(22)15-8-14(20-21-15)11-2-4-12(17)5-3-11;/h2-5,10,13-15,18,20-21H,6-9H2,1H3,(H,19,22);1H. The second kappa shape index (κ2) is 8.06. The molecule has 3 rings (SSSR count). The van der Waals surface area contributed by atoms with E-state index in [0.717, 1.165) is 25.1 Å². The maximum Gasteiger partial charge on any atom is 0.238 e. The number of nitrogens with one attached hydrogen (secondary N) is 4. The number of hydrogen-bond donors (Lipinski definition) is 4. The van der Waals surface area contributed by atoms with Crippen molar-refractivity contribution in [3.8, 4) is 0 Å². The van der Waals surface area contributed by atoms with Crippen molar-refractivity contribution in [2.75, 3.05) is 13.1 Å². The number of rotatable bonds is 3. The monoisotopic (exact) mass is 342 g/mol. The van der Waals surface area contributed by atoms with Gasteiger partial charge < -0.3 is 10.6 Å². The summed E-state index contributed by atoms with van der Waals surface area (Å²) in [7, 11) is 0. The zero-order chi connectivity index (χ0) is 15.5. The summed E-state index contributed by atoms with van der Waals surface area (Å²) in [6.45, 7) is 4.04. The second-order valence-corrected chi connectivity index (χ2v) is 6.27. The third kappa shape index (κ3) is 4.41. The Morgan fingerprint density at radius 2 is 2.00 bits per heavy atom. The molecule has 0 aliphatic carbocycles. The largest absolute Gasteiger partial charge is 0.352 e. The number of benzene rings is 1. The van der Waals surface area contributed by atoms with Crippen LogP contribution in [0.25, 0.3) is 0 Å². The molecule has 0 aromatic heterocycles. The summed E-state index contributed by atoms with van der Waals surface area (Å²) in [4.78, 5) is 12.4. The van der Waals surface area contributed by atoms with Crippen molar-refractivity contribution < 1.29 is 9.18 Å². The minimum Gasteiger partial charge on any atom is -0.352 e. The van der Waals surface area contributed by atoms with E-state index in [9.17, 15) is 9.18 Å². The van der Waals surface area contributed by atoms with Crippen LogP contribution in [0.4, 0.5) is 4.39 Å². The van der Waals surface area contributed by atoms with Crippen molar-refractivity contribution in [1.29, 1.82) is 0 Å². The fourth-order valence-corrected chi connectivity index (χ4v) is 3.15. The highest BCUT2D eigenvalue weighted by Crippen LogP contribution is 2.23. The minimum absolute atomic E-state index is 0. The SMILES string of the molecule is CC1CNCCC1NC(=O)C1CC(c2ccc(F)cc2)NN1.Cl. The van der Waals surface area contributed by atoms with Gasteiger partial charge in [0.05, 0.1) is 0 Å². The average Bonchev–Trinajstić information content (AvgIpc) is 3.00. The zero-order valence-corrected chi connectivity index (χ0v) is 14.0. The highest BCUT2D eigenvalue weighted by atomic mass is 35.5. The van der Waals surface area contributed by atoms with Gasteiger partial charge in [0, 0.05) is 12.1 Å². The van der Waals surface area contributed by atoms with E-state index in [-0.39, 0.29) is 42.3 Å². The van der Waals surface area contributed by atoms with Gasteiger partial charge in [0.25, 0.3) is 0 Å². The maximum atomic E-state index is 13.0. The van der Waals surface area contributed by atoms with Crippen molar-refractivity contribution in [1.82, 2.24) is 21.5 Å². The highest BCUT2D eigenvalue weighted by Gasteiger charge is 2.32. The van der Waals surface area contributed by atoms with E-state index in [0.29, 0.717) is 12.3 Å². The molecule has 2 aliphatic heterocycles. The van der Waals surface area contributed by atoms with Gasteiger partial charge >= 0.3 is 0 Å². The molecule has 2 aliphatic rings. The quantitative estimate of drug-likeness (QED) is 0.668. The van der Waals surface area contributed by atoms with E-state index >= 15 is 0 Å². The Morgan fingerprint density at radius 3 is 2.70 bits per heavy atom. The summed E-state index contributed by atoms with van der Waals surface area (Å²) < 4.78 is 13.0. The lowest BCUT2D eigenvalue weighted by Gasteiger charge is -2.31. The number of carbonyl (C=O) groups excluding carboxylic acids is 1. The Hall–Kier alpha value is -1.21. The number of piperidine rings is 1. The Bertz CT molecular complexity index is 527. The van der Waals surface area contributed by atoms with Gasteiger partial charge in [-0.25, -0.2) is 15.2 Å². The third-order valence-electron chi connectivity index (χ3n) is 4.61. The van der Waals surface area contributed by atoms with Gasteiger partial charge in [0.2, 0.25) is 5.91 Å². The van der Waals surface area contributed by atoms with E-state index in [4.69, 9.17) is 0 Å². The number of hydrogen-bond acceptors (Lipinski definition) is 4. The molecule has 4 unspecified atom stereocenters. The smallest absolute Gasteiger partial charge is 0.238 e. The molecule has 0 radical (unpaired) electrons. The van der Waals surface area contributed by atoms with Crippen molar-refractivity contribution >= 4 is 18.3 Å². The first kappa shape index (κ1) is 18.1. The van der Waals surface area contributed by atoms with Crippen LogP contribution in [-0.4, -0.2) is 31.1 Å². The van der Waals surface area contributed by atoms with Crippen LogP contribution < -0.4 is 21.5 Å². The lowest BCUT2D eigenvalue weighted by Crippen LogP contribution is -2.53. The highest BCUT2D eigenvalue weighted by molar-refractivity contribution is 5.85. The van der Waals surface area contributed by atoms with Crippen LogP contribution in [0, 0.1) is 11.7 Å². The van der Waals surface area contributed by atoms with Gasteiger partial charge in [-0.15, -0.1) is 12.4 Å². The first-order valence-corrected chi connectivity index (χ1v) is 7.91. The van der Waals surface area contributed by atoms with E-state index in [1.54, 1.807) is 12.1 Å². The molecule has 1 aromatic carbocycles. The molecule has 2 heterocycles. The molecule has 4 atom stereocenters. The predicted molar refractivity (Wildman–Crippen MR) is 89.6 cm³/mol. The number of carbonyl (C=O) groups is 1. The van der Waals surface area contributed by atoms with Gasteiger partial charge in [-0.2, -0.15) is 0 Å². The van der Waals surface area contributed by atoms with E-state index in [1.165, 1.54) is 12.1 Å². The first-order chi connectivity index (χ1) is 10.6. The Kier molecular flexibility index (Phi) is 6.35. The molecule has 128 valence electrons. The lowest BCUT2D eigenvalue weighted by molar-refractivity contribution is -0.124. The summed E-state index contributed by atoms with van der Waals surface area (Å²) in [6, 6.07) is 6.41.